The molecule has 0 spiro atoms. The van der Waals surface area contributed by atoms with E-state index in [9.17, 15) is 0 Å². The number of hydrogen-bond donors (Lipinski definition) is 3. The minimum absolute atomic E-state index is 0.140. The zero-order chi connectivity index (χ0) is 11.5. The molecule has 0 bridgehead atoms. The van der Waals surface area contributed by atoms with Crippen molar-refractivity contribution < 1.29 is 4.94 Å². The van der Waals surface area contributed by atoms with E-state index in [1.54, 1.807) is 6.07 Å². The number of aromatic nitrogens is 2. The van der Waals surface area contributed by atoms with Crippen molar-refractivity contribution in [1.29, 1.82) is 0 Å². The third-order valence-corrected chi connectivity index (χ3v) is 1.78. The summed E-state index contributed by atoms with van der Waals surface area (Å²) in [4.78, 5) is 12.9. The number of hydroxylamine groups is 1. The molecule has 0 atom stereocenters. The smallest absolute Gasteiger partial charge is 0.223 e. The second-order valence-electron chi connectivity index (χ2n) is 3.99. The average molecular weight is 323 g/mol. The summed E-state index contributed by atoms with van der Waals surface area (Å²) in [5.74, 6) is 0.729. The number of rotatable bonds is 3. The van der Waals surface area contributed by atoms with Crippen LogP contribution in [-0.2, 0) is 4.94 Å². The molecule has 84 valence electrons. The number of halogens is 1. The van der Waals surface area contributed by atoms with E-state index in [1.165, 1.54) is 0 Å². The van der Waals surface area contributed by atoms with Crippen LogP contribution in [0.1, 0.15) is 20.8 Å². The third-order valence-electron chi connectivity index (χ3n) is 1.22. The van der Waals surface area contributed by atoms with Gasteiger partial charge in [0.2, 0.25) is 5.95 Å². The van der Waals surface area contributed by atoms with E-state index >= 15 is 0 Å². The lowest BCUT2D eigenvalue weighted by atomic mass is 10.1. The Morgan fingerprint density at radius 2 is 2.07 bits per heavy atom. The Morgan fingerprint density at radius 3 is 2.60 bits per heavy atom. The van der Waals surface area contributed by atoms with Gasteiger partial charge in [-0.05, 0) is 43.4 Å². The molecular weight excluding hydrogens is 309 g/mol. The van der Waals surface area contributed by atoms with Gasteiger partial charge in [0.1, 0.15) is 3.70 Å². The largest absolute Gasteiger partial charge is 0.368 e. The molecule has 0 aliphatic rings. The van der Waals surface area contributed by atoms with Crippen LogP contribution in [0, 0.1) is 3.70 Å². The minimum Gasteiger partial charge on any atom is -0.368 e. The van der Waals surface area contributed by atoms with Crippen LogP contribution in [0.2, 0.25) is 0 Å². The van der Waals surface area contributed by atoms with E-state index in [2.05, 4.69) is 43.5 Å². The molecule has 15 heavy (non-hydrogen) atoms. The quantitative estimate of drug-likeness (QED) is 0.442. The SMILES string of the molecule is CC(C)(C)NONc1cc(I)nc(N)n1. The lowest BCUT2D eigenvalue weighted by Gasteiger charge is -2.19. The van der Waals surface area contributed by atoms with Crippen molar-refractivity contribution in [3.63, 3.8) is 0 Å². The molecule has 0 aliphatic carbocycles. The average Bonchev–Trinajstić information content (AvgIpc) is 1.99. The minimum atomic E-state index is -0.140. The summed E-state index contributed by atoms with van der Waals surface area (Å²) in [6.07, 6.45) is 0. The molecule has 1 aromatic rings. The van der Waals surface area contributed by atoms with Gasteiger partial charge in [0.15, 0.2) is 5.82 Å². The maximum Gasteiger partial charge on any atom is 0.223 e. The van der Waals surface area contributed by atoms with Gasteiger partial charge in [-0.15, -0.1) is 0 Å². The van der Waals surface area contributed by atoms with Crippen molar-refractivity contribution in [2.45, 2.75) is 26.3 Å². The topological polar surface area (TPSA) is 85.1 Å². The first kappa shape index (κ1) is 12.4. The molecule has 1 rings (SSSR count). The van der Waals surface area contributed by atoms with Crippen molar-refractivity contribution in [3.05, 3.63) is 9.77 Å². The number of nitrogens with one attached hydrogen (secondary N) is 2. The molecule has 6 nitrogen and oxygen atoms in total. The summed E-state index contributed by atoms with van der Waals surface area (Å²) in [7, 11) is 0. The molecule has 1 heterocycles. The first-order chi connectivity index (χ1) is 6.87. The molecule has 1 aromatic heterocycles. The Bertz CT molecular complexity index is 318. The summed E-state index contributed by atoms with van der Waals surface area (Å²) < 4.78 is 0.752. The predicted molar refractivity (Wildman–Crippen MR) is 66.8 cm³/mol. The zero-order valence-corrected chi connectivity index (χ0v) is 11.0. The van der Waals surface area contributed by atoms with Gasteiger partial charge in [-0.1, -0.05) is 0 Å². The van der Waals surface area contributed by atoms with Crippen molar-refractivity contribution >= 4 is 34.4 Å². The van der Waals surface area contributed by atoms with Crippen LogP contribution in [0.5, 0.6) is 0 Å². The van der Waals surface area contributed by atoms with Crippen LogP contribution in [-0.4, -0.2) is 15.5 Å². The fourth-order valence-corrected chi connectivity index (χ4v) is 1.26. The van der Waals surface area contributed by atoms with Crippen molar-refractivity contribution in [3.8, 4) is 0 Å². The van der Waals surface area contributed by atoms with Crippen LogP contribution in [0.3, 0.4) is 0 Å². The van der Waals surface area contributed by atoms with E-state index in [0.717, 1.165) is 3.70 Å². The second kappa shape index (κ2) is 4.90. The molecule has 0 aromatic carbocycles. The first-order valence-electron chi connectivity index (χ1n) is 4.36. The molecular formula is C8H14IN5O. The van der Waals surface area contributed by atoms with Crippen molar-refractivity contribution in [1.82, 2.24) is 15.4 Å². The predicted octanol–water partition coefficient (Wildman–Crippen LogP) is 1.31. The van der Waals surface area contributed by atoms with Crippen LogP contribution in [0.25, 0.3) is 0 Å². The lowest BCUT2D eigenvalue weighted by Crippen LogP contribution is -2.37. The number of anilines is 2. The normalized spacial score (nSPS) is 11.5. The summed E-state index contributed by atoms with van der Waals surface area (Å²) in [6, 6.07) is 1.72. The summed E-state index contributed by atoms with van der Waals surface area (Å²) in [5, 5.41) is 0. The van der Waals surface area contributed by atoms with Crippen LogP contribution in [0.15, 0.2) is 6.07 Å². The van der Waals surface area contributed by atoms with Gasteiger partial charge >= 0.3 is 0 Å². The Balaban J connectivity index is 2.51. The molecule has 7 heteroatoms. The van der Waals surface area contributed by atoms with Crippen LogP contribution in [0.4, 0.5) is 11.8 Å². The Labute approximate surface area is 102 Å². The lowest BCUT2D eigenvalue weighted by molar-refractivity contribution is 0.0320. The van der Waals surface area contributed by atoms with E-state index in [-0.39, 0.29) is 11.5 Å². The summed E-state index contributed by atoms with van der Waals surface area (Å²) in [5.41, 5.74) is 10.8. The standard InChI is InChI=1S/C8H14IN5O/c1-8(2,3)14-15-13-6-4-5(9)11-7(10)12-6/h4,14H,1-3H3,(H3,10,11,12,13). The highest BCUT2D eigenvalue weighted by Crippen LogP contribution is 2.09. The van der Waals surface area contributed by atoms with Crippen LogP contribution < -0.4 is 16.7 Å². The molecule has 0 amide bonds. The number of hydrogen-bond acceptors (Lipinski definition) is 6. The summed E-state index contributed by atoms with van der Waals surface area (Å²) in [6.45, 7) is 5.94. The molecule has 0 saturated heterocycles. The number of nitrogens with two attached hydrogens (primary N) is 1. The Morgan fingerprint density at radius 1 is 1.40 bits per heavy atom. The molecule has 4 N–H and O–H groups in total. The van der Waals surface area contributed by atoms with E-state index in [0.29, 0.717) is 5.82 Å². The van der Waals surface area contributed by atoms with E-state index in [4.69, 9.17) is 10.7 Å². The zero-order valence-electron chi connectivity index (χ0n) is 8.84. The highest BCUT2D eigenvalue weighted by Gasteiger charge is 2.09. The fourth-order valence-electron chi connectivity index (χ4n) is 0.718. The van der Waals surface area contributed by atoms with Gasteiger partial charge in [-0.2, -0.15) is 15.4 Å². The van der Waals surface area contributed by atoms with Crippen molar-refractivity contribution in [2.75, 3.05) is 11.2 Å². The Kier molecular flexibility index (Phi) is 4.05. The highest BCUT2D eigenvalue weighted by molar-refractivity contribution is 14.1. The third kappa shape index (κ3) is 5.09. The molecule has 0 aliphatic heterocycles. The second-order valence-corrected chi connectivity index (χ2v) is 5.10. The van der Waals surface area contributed by atoms with E-state index < -0.39 is 0 Å². The van der Waals surface area contributed by atoms with Gasteiger partial charge in [0, 0.05) is 11.6 Å². The van der Waals surface area contributed by atoms with Gasteiger partial charge in [0.05, 0.1) is 0 Å². The maximum atomic E-state index is 5.47. The number of nitrogen functional groups attached to an aromatic ring is 1. The van der Waals surface area contributed by atoms with Gasteiger partial charge in [-0.25, -0.2) is 10.5 Å². The Hall–Kier alpha value is -0.670. The highest BCUT2D eigenvalue weighted by atomic mass is 127. The number of nitrogens with zero attached hydrogens (tertiary/aromatic N) is 2. The molecule has 0 fully saturated rings. The van der Waals surface area contributed by atoms with Crippen LogP contribution >= 0.6 is 22.6 Å². The maximum absolute atomic E-state index is 5.47. The monoisotopic (exact) mass is 323 g/mol. The molecule has 0 saturated carbocycles. The summed E-state index contributed by atoms with van der Waals surface area (Å²) >= 11 is 2.05. The fraction of sp³-hybridized carbons (Fsp3) is 0.500. The first-order valence-corrected chi connectivity index (χ1v) is 5.44. The van der Waals surface area contributed by atoms with Gasteiger partial charge in [0.25, 0.3) is 0 Å². The van der Waals surface area contributed by atoms with Gasteiger partial charge < -0.3 is 5.73 Å². The van der Waals surface area contributed by atoms with Crippen molar-refractivity contribution in [2.24, 2.45) is 0 Å². The molecule has 0 radical (unpaired) electrons. The molecule has 0 unspecified atom stereocenters. The van der Waals surface area contributed by atoms with Gasteiger partial charge in [-0.3, -0.25) is 0 Å². The van der Waals surface area contributed by atoms with E-state index in [1.807, 2.05) is 20.8 Å².